The number of nitrogens with one attached hydrogen (secondary N) is 1. The monoisotopic (exact) mass is 223 g/mol. The van der Waals surface area contributed by atoms with Crippen LogP contribution in [-0.4, -0.2) is 35.1 Å². The number of aromatic nitrogens is 1. The van der Waals surface area contributed by atoms with Crippen LogP contribution in [0.4, 0.5) is 0 Å². The first-order valence-corrected chi connectivity index (χ1v) is 4.69. The summed E-state index contributed by atoms with van der Waals surface area (Å²) in [5.41, 5.74) is 6.00. The first-order chi connectivity index (χ1) is 7.56. The number of hydrogen-bond donors (Lipinski definition) is 3. The highest BCUT2D eigenvalue weighted by Crippen LogP contribution is 2.09. The summed E-state index contributed by atoms with van der Waals surface area (Å²) < 4.78 is 0. The van der Waals surface area contributed by atoms with Crippen LogP contribution in [0.5, 0.6) is 0 Å². The number of carboxylic acid groups (broad SMARTS) is 1. The second kappa shape index (κ2) is 5.22. The average molecular weight is 223 g/mol. The Morgan fingerprint density at radius 2 is 2.31 bits per heavy atom. The summed E-state index contributed by atoms with van der Waals surface area (Å²) >= 11 is 0. The van der Waals surface area contributed by atoms with Crippen molar-refractivity contribution in [1.29, 1.82) is 0 Å². The van der Waals surface area contributed by atoms with Crippen LogP contribution in [0.25, 0.3) is 0 Å². The maximum atomic E-state index is 11.1. The molecule has 0 aliphatic rings. The molecule has 0 bridgehead atoms. The van der Waals surface area contributed by atoms with Crippen LogP contribution in [0, 0.1) is 0 Å². The topological polar surface area (TPSA) is 105 Å². The van der Waals surface area contributed by atoms with E-state index in [1.165, 1.54) is 18.5 Å². The molecular weight excluding hydrogens is 210 g/mol. The van der Waals surface area contributed by atoms with E-state index in [4.69, 9.17) is 10.8 Å². The Hall–Kier alpha value is -1.95. The van der Waals surface area contributed by atoms with Gasteiger partial charge in [0.2, 0.25) is 5.91 Å². The molecule has 0 aliphatic carbocycles. The Labute approximate surface area is 92.5 Å². The molecule has 0 saturated carbocycles. The van der Waals surface area contributed by atoms with Gasteiger partial charge in [0.1, 0.15) is 6.04 Å². The fourth-order valence-corrected chi connectivity index (χ4v) is 1.36. The van der Waals surface area contributed by atoms with Crippen LogP contribution >= 0.6 is 0 Å². The molecule has 6 heteroatoms. The third-order valence-corrected chi connectivity index (χ3v) is 2.24. The van der Waals surface area contributed by atoms with E-state index in [1.807, 2.05) is 0 Å². The standard InChI is InChI=1S/C10H13N3O3/c1-12-8(10(15)16)4-6-5-13-3-2-7(6)9(11)14/h2-3,5,8,12H,4H2,1H3,(H2,11,14)(H,15,16)/t8-/m0/s1. The van der Waals surface area contributed by atoms with Gasteiger partial charge in [-0.3, -0.25) is 14.6 Å². The average Bonchev–Trinajstić information content (AvgIpc) is 2.25. The van der Waals surface area contributed by atoms with Gasteiger partial charge in [-0.05, 0) is 18.7 Å². The summed E-state index contributed by atoms with van der Waals surface area (Å²) in [6.07, 6.45) is 3.06. The van der Waals surface area contributed by atoms with Gasteiger partial charge < -0.3 is 16.2 Å². The van der Waals surface area contributed by atoms with Gasteiger partial charge in [-0.15, -0.1) is 0 Å². The summed E-state index contributed by atoms with van der Waals surface area (Å²) in [5, 5.41) is 11.5. The van der Waals surface area contributed by atoms with Crippen LogP contribution in [-0.2, 0) is 11.2 Å². The maximum absolute atomic E-state index is 11.1. The molecule has 16 heavy (non-hydrogen) atoms. The predicted molar refractivity (Wildman–Crippen MR) is 56.9 cm³/mol. The number of pyridine rings is 1. The number of nitrogens with two attached hydrogens (primary N) is 1. The highest BCUT2D eigenvalue weighted by Gasteiger charge is 2.18. The van der Waals surface area contributed by atoms with Crippen molar-refractivity contribution in [2.24, 2.45) is 5.73 Å². The van der Waals surface area contributed by atoms with Crippen LogP contribution in [0.2, 0.25) is 0 Å². The van der Waals surface area contributed by atoms with Crippen molar-refractivity contribution >= 4 is 11.9 Å². The van der Waals surface area contributed by atoms with Gasteiger partial charge in [0, 0.05) is 24.4 Å². The Morgan fingerprint density at radius 1 is 1.62 bits per heavy atom. The molecule has 0 unspecified atom stereocenters. The molecule has 0 fully saturated rings. The Kier molecular flexibility index (Phi) is 3.96. The lowest BCUT2D eigenvalue weighted by atomic mass is 10.0. The van der Waals surface area contributed by atoms with Crippen molar-refractivity contribution in [3.05, 3.63) is 29.6 Å². The molecule has 6 nitrogen and oxygen atoms in total. The number of likely N-dealkylation sites (N-methyl/N-ethyl adjacent to an activating group) is 1. The predicted octanol–water partition coefficient (Wildman–Crippen LogP) is -0.604. The lowest BCUT2D eigenvalue weighted by molar-refractivity contribution is -0.139. The summed E-state index contributed by atoms with van der Waals surface area (Å²) in [5.74, 6) is -1.57. The zero-order valence-electron chi connectivity index (χ0n) is 8.80. The van der Waals surface area contributed by atoms with E-state index in [1.54, 1.807) is 7.05 Å². The minimum Gasteiger partial charge on any atom is -0.480 e. The van der Waals surface area contributed by atoms with Crippen molar-refractivity contribution in [3.8, 4) is 0 Å². The van der Waals surface area contributed by atoms with E-state index in [9.17, 15) is 9.59 Å². The molecule has 0 spiro atoms. The van der Waals surface area contributed by atoms with Gasteiger partial charge >= 0.3 is 5.97 Å². The fourth-order valence-electron chi connectivity index (χ4n) is 1.36. The number of amides is 1. The number of carbonyl (C=O) groups is 2. The third kappa shape index (κ3) is 2.77. The molecule has 1 heterocycles. The molecule has 0 aliphatic heterocycles. The number of hydrogen-bond acceptors (Lipinski definition) is 4. The van der Waals surface area contributed by atoms with E-state index in [0.717, 1.165) is 0 Å². The van der Waals surface area contributed by atoms with Crippen LogP contribution in [0.1, 0.15) is 15.9 Å². The zero-order chi connectivity index (χ0) is 12.1. The molecule has 86 valence electrons. The van der Waals surface area contributed by atoms with E-state index in [2.05, 4.69) is 10.3 Å². The molecule has 4 N–H and O–H groups in total. The molecule has 1 rings (SSSR count). The molecule has 1 atom stereocenters. The maximum Gasteiger partial charge on any atom is 0.321 e. The highest BCUT2D eigenvalue weighted by atomic mass is 16.4. The molecule has 1 amide bonds. The number of rotatable bonds is 5. The van der Waals surface area contributed by atoms with E-state index < -0.39 is 17.9 Å². The number of aliphatic carboxylic acids is 1. The molecule has 0 aromatic carbocycles. The summed E-state index contributed by atoms with van der Waals surface area (Å²) in [6, 6.07) is 0.717. The zero-order valence-corrected chi connectivity index (χ0v) is 8.80. The van der Waals surface area contributed by atoms with Gasteiger partial charge in [0.05, 0.1) is 0 Å². The molecule has 1 aromatic rings. The minimum atomic E-state index is -0.984. The summed E-state index contributed by atoms with van der Waals surface area (Å²) in [6.45, 7) is 0. The van der Waals surface area contributed by atoms with Crippen molar-refractivity contribution in [2.45, 2.75) is 12.5 Å². The van der Waals surface area contributed by atoms with E-state index in [0.29, 0.717) is 11.1 Å². The Bertz CT molecular complexity index is 406. The first kappa shape index (κ1) is 12.1. The van der Waals surface area contributed by atoms with Crippen molar-refractivity contribution in [2.75, 3.05) is 7.05 Å². The Morgan fingerprint density at radius 3 is 2.81 bits per heavy atom. The number of carboxylic acids is 1. The summed E-state index contributed by atoms with van der Waals surface area (Å²) in [4.78, 5) is 25.8. The number of carbonyl (C=O) groups excluding carboxylic acids is 1. The number of primary amides is 1. The molecule has 0 saturated heterocycles. The fraction of sp³-hybridized carbons (Fsp3) is 0.300. The largest absolute Gasteiger partial charge is 0.480 e. The van der Waals surface area contributed by atoms with E-state index >= 15 is 0 Å². The van der Waals surface area contributed by atoms with Crippen molar-refractivity contribution in [3.63, 3.8) is 0 Å². The lowest BCUT2D eigenvalue weighted by Crippen LogP contribution is -2.36. The minimum absolute atomic E-state index is 0.165. The normalized spacial score (nSPS) is 12.1. The number of nitrogens with zero attached hydrogens (tertiary/aromatic N) is 1. The van der Waals surface area contributed by atoms with Crippen LogP contribution < -0.4 is 11.1 Å². The van der Waals surface area contributed by atoms with Crippen molar-refractivity contribution < 1.29 is 14.7 Å². The van der Waals surface area contributed by atoms with Crippen LogP contribution in [0.15, 0.2) is 18.5 Å². The van der Waals surface area contributed by atoms with Gasteiger partial charge in [-0.1, -0.05) is 0 Å². The molecule has 0 radical (unpaired) electrons. The van der Waals surface area contributed by atoms with Gasteiger partial charge in [0.15, 0.2) is 0 Å². The molecular formula is C10H13N3O3. The highest BCUT2D eigenvalue weighted by molar-refractivity contribution is 5.94. The lowest BCUT2D eigenvalue weighted by Gasteiger charge is -2.12. The second-order valence-corrected chi connectivity index (χ2v) is 3.28. The smallest absolute Gasteiger partial charge is 0.321 e. The van der Waals surface area contributed by atoms with Gasteiger partial charge in [-0.2, -0.15) is 0 Å². The molecule has 1 aromatic heterocycles. The third-order valence-electron chi connectivity index (χ3n) is 2.24. The first-order valence-electron chi connectivity index (χ1n) is 4.69. The van der Waals surface area contributed by atoms with Crippen LogP contribution in [0.3, 0.4) is 0 Å². The summed E-state index contributed by atoms with van der Waals surface area (Å²) in [7, 11) is 1.54. The quantitative estimate of drug-likeness (QED) is 0.618. The second-order valence-electron chi connectivity index (χ2n) is 3.28. The Balaban J connectivity index is 2.95. The van der Waals surface area contributed by atoms with E-state index in [-0.39, 0.29) is 6.42 Å². The van der Waals surface area contributed by atoms with Gasteiger partial charge in [0.25, 0.3) is 0 Å². The SMILES string of the molecule is CN[C@@H](Cc1cnccc1C(N)=O)C(=O)O. The van der Waals surface area contributed by atoms with Crippen molar-refractivity contribution in [1.82, 2.24) is 10.3 Å². The van der Waals surface area contributed by atoms with Gasteiger partial charge in [-0.25, -0.2) is 0 Å².